The Labute approximate surface area is 129 Å². The first-order valence-electron chi connectivity index (χ1n) is 7.27. The maximum atomic E-state index is 12.1. The van der Waals surface area contributed by atoms with Crippen LogP contribution in [0.5, 0.6) is 5.75 Å². The number of anilines is 1. The lowest BCUT2D eigenvalue weighted by Crippen LogP contribution is -2.45. The van der Waals surface area contributed by atoms with Crippen LogP contribution in [0.25, 0.3) is 0 Å². The van der Waals surface area contributed by atoms with Crippen LogP contribution in [0.15, 0.2) is 34.9 Å². The van der Waals surface area contributed by atoms with Gasteiger partial charge in [-0.1, -0.05) is 17.3 Å². The van der Waals surface area contributed by atoms with E-state index in [1.165, 1.54) is 5.56 Å². The second-order valence-electron chi connectivity index (χ2n) is 5.42. The average molecular weight is 301 g/mol. The third-order valence-electron chi connectivity index (χ3n) is 3.85. The summed E-state index contributed by atoms with van der Waals surface area (Å²) in [5.41, 5.74) is 1.18. The normalized spacial score (nSPS) is 17.8. The Bertz CT molecular complexity index is 668. The van der Waals surface area contributed by atoms with Gasteiger partial charge in [0.25, 0.3) is 0 Å². The predicted octanol–water partition coefficient (Wildman–Crippen LogP) is 2.38. The molecular formula is C16H19N3O3. The number of likely N-dealkylation sites (tertiary alicyclic amines) is 1. The Balaban J connectivity index is 1.59. The van der Waals surface area contributed by atoms with Crippen molar-refractivity contribution in [1.82, 2.24) is 10.1 Å². The van der Waals surface area contributed by atoms with Crippen molar-refractivity contribution in [2.45, 2.75) is 19.4 Å². The molecule has 6 nitrogen and oxygen atoms in total. The molecule has 0 unspecified atom stereocenters. The summed E-state index contributed by atoms with van der Waals surface area (Å²) in [5, 5.41) is 6.51. The van der Waals surface area contributed by atoms with Gasteiger partial charge >= 0.3 is 0 Å². The zero-order valence-corrected chi connectivity index (χ0v) is 12.7. The number of carbonyl (C=O) groups is 1. The Kier molecular flexibility index (Phi) is 4.11. The number of methoxy groups -OCH3 is 1. The van der Waals surface area contributed by atoms with Crippen molar-refractivity contribution in [2.24, 2.45) is 0 Å². The van der Waals surface area contributed by atoms with Crippen LogP contribution in [0.3, 0.4) is 0 Å². The number of rotatable bonds is 5. The van der Waals surface area contributed by atoms with Gasteiger partial charge in [0.15, 0.2) is 5.82 Å². The van der Waals surface area contributed by atoms with E-state index < -0.39 is 0 Å². The van der Waals surface area contributed by atoms with Crippen molar-refractivity contribution in [3.8, 4) is 5.75 Å². The van der Waals surface area contributed by atoms with E-state index >= 15 is 0 Å². The number of nitrogens with one attached hydrogen (secondary N) is 1. The summed E-state index contributed by atoms with van der Waals surface area (Å²) in [6, 6.07) is 9.95. The van der Waals surface area contributed by atoms with Crippen molar-refractivity contribution in [1.29, 1.82) is 0 Å². The van der Waals surface area contributed by atoms with Crippen molar-refractivity contribution < 1.29 is 14.1 Å². The van der Waals surface area contributed by atoms with Gasteiger partial charge in [-0.15, -0.1) is 0 Å². The Hall–Kier alpha value is -2.34. The lowest BCUT2D eigenvalue weighted by molar-refractivity contribution is -0.119. The SMILES string of the molecule is COc1cccc([C@@H]2CCN2CC(=O)Nc2cc(C)on2)c1. The van der Waals surface area contributed by atoms with Crippen molar-refractivity contribution in [3.05, 3.63) is 41.7 Å². The standard InChI is InChI=1S/C16H19N3O3/c1-11-8-15(18-22-11)17-16(20)10-19-7-6-14(19)12-4-3-5-13(9-12)21-2/h3-5,8-9,14H,6-7,10H2,1-2H3,(H,17,18,20)/t14-/m0/s1. The number of aryl methyl sites for hydroxylation is 1. The van der Waals surface area contributed by atoms with Gasteiger partial charge in [0.05, 0.1) is 13.7 Å². The molecule has 0 bridgehead atoms. The molecule has 1 fully saturated rings. The molecule has 1 aromatic carbocycles. The van der Waals surface area contributed by atoms with Gasteiger partial charge < -0.3 is 14.6 Å². The van der Waals surface area contributed by atoms with Crippen LogP contribution in [-0.4, -0.2) is 36.2 Å². The van der Waals surface area contributed by atoms with Crippen molar-refractivity contribution in [3.63, 3.8) is 0 Å². The van der Waals surface area contributed by atoms with Gasteiger partial charge in [0.2, 0.25) is 5.91 Å². The Morgan fingerprint density at radius 1 is 1.50 bits per heavy atom. The van der Waals surface area contributed by atoms with E-state index in [4.69, 9.17) is 9.26 Å². The fourth-order valence-electron chi connectivity index (χ4n) is 2.65. The van der Waals surface area contributed by atoms with Gasteiger partial charge in [-0.2, -0.15) is 0 Å². The van der Waals surface area contributed by atoms with Crippen LogP contribution in [0.1, 0.15) is 23.8 Å². The molecule has 116 valence electrons. The highest BCUT2D eigenvalue weighted by Gasteiger charge is 2.31. The molecule has 0 spiro atoms. The van der Waals surface area contributed by atoms with Crippen LogP contribution < -0.4 is 10.1 Å². The first-order chi connectivity index (χ1) is 10.7. The molecule has 1 saturated heterocycles. The molecule has 1 aliphatic rings. The molecule has 1 aromatic heterocycles. The first kappa shape index (κ1) is 14.6. The quantitative estimate of drug-likeness (QED) is 0.918. The molecule has 3 rings (SSSR count). The molecule has 22 heavy (non-hydrogen) atoms. The smallest absolute Gasteiger partial charge is 0.239 e. The minimum Gasteiger partial charge on any atom is -0.497 e. The van der Waals surface area contributed by atoms with Crippen LogP contribution in [0, 0.1) is 6.92 Å². The van der Waals surface area contributed by atoms with Crippen molar-refractivity contribution >= 4 is 11.7 Å². The van der Waals surface area contributed by atoms with Crippen LogP contribution in [-0.2, 0) is 4.79 Å². The number of amides is 1. The van der Waals surface area contributed by atoms with E-state index in [1.54, 1.807) is 20.1 Å². The number of aromatic nitrogens is 1. The molecular weight excluding hydrogens is 282 g/mol. The zero-order valence-electron chi connectivity index (χ0n) is 12.7. The highest BCUT2D eigenvalue weighted by molar-refractivity contribution is 5.91. The molecule has 1 atom stereocenters. The molecule has 2 heterocycles. The van der Waals surface area contributed by atoms with Gasteiger partial charge in [-0.3, -0.25) is 9.69 Å². The summed E-state index contributed by atoms with van der Waals surface area (Å²) >= 11 is 0. The number of carbonyl (C=O) groups excluding carboxylic acids is 1. The van der Waals surface area contributed by atoms with Gasteiger partial charge in [-0.25, -0.2) is 0 Å². The number of ether oxygens (including phenoxy) is 1. The third-order valence-corrected chi connectivity index (χ3v) is 3.85. The van der Waals surface area contributed by atoms with Crippen LogP contribution >= 0.6 is 0 Å². The predicted molar refractivity (Wildman–Crippen MR) is 81.8 cm³/mol. The molecule has 1 aliphatic heterocycles. The topological polar surface area (TPSA) is 67.6 Å². The first-order valence-corrected chi connectivity index (χ1v) is 7.27. The summed E-state index contributed by atoms with van der Waals surface area (Å²) in [4.78, 5) is 14.2. The molecule has 0 aliphatic carbocycles. The number of hydrogen-bond acceptors (Lipinski definition) is 5. The van der Waals surface area contributed by atoms with Crippen LogP contribution in [0.2, 0.25) is 0 Å². The largest absolute Gasteiger partial charge is 0.497 e. The van der Waals surface area contributed by atoms with E-state index in [2.05, 4.69) is 21.4 Å². The van der Waals surface area contributed by atoms with Gasteiger partial charge in [0.1, 0.15) is 11.5 Å². The van der Waals surface area contributed by atoms with E-state index in [0.29, 0.717) is 18.1 Å². The number of benzene rings is 1. The lowest BCUT2D eigenvalue weighted by Gasteiger charge is -2.40. The van der Waals surface area contributed by atoms with E-state index in [0.717, 1.165) is 18.7 Å². The second-order valence-corrected chi connectivity index (χ2v) is 5.42. The highest BCUT2D eigenvalue weighted by atomic mass is 16.5. The van der Waals surface area contributed by atoms with Gasteiger partial charge in [0, 0.05) is 18.7 Å². The Morgan fingerprint density at radius 2 is 2.36 bits per heavy atom. The molecule has 1 amide bonds. The summed E-state index contributed by atoms with van der Waals surface area (Å²) < 4.78 is 10.2. The average Bonchev–Trinajstić information content (AvgIpc) is 2.89. The monoisotopic (exact) mass is 301 g/mol. The highest BCUT2D eigenvalue weighted by Crippen LogP contribution is 2.34. The molecule has 0 saturated carbocycles. The fraction of sp³-hybridized carbons (Fsp3) is 0.375. The number of hydrogen-bond donors (Lipinski definition) is 1. The summed E-state index contributed by atoms with van der Waals surface area (Å²) in [6.45, 7) is 3.04. The Morgan fingerprint density at radius 3 is 3.00 bits per heavy atom. The lowest BCUT2D eigenvalue weighted by atomic mass is 9.94. The van der Waals surface area contributed by atoms with E-state index in [-0.39, 0.29) is 11.9 Å². The summed E-state index contributed by atoms with van der Waals surface area (Å²) in [5.74, 6) is 1.89. The van der Waals surface area contributed by atoms with Crippen LogP contribution in [0.4, 0.5) is 5.82 Å². The third kappa shape index (κ3) is 3.12. The summed E-state index contributed by atoms with van der Waals surface area (Å²) in [6.07, 6.45) is 1.05. The van der Waals surface area contributed by atoms with Gasteiger partial charge in [-0.05, 0) is 31.0 Å². The fourth-order valence-corrected chi connectivity index (χ4v) is 2.65. The maximum Gasteiger partial charge on any atom is 0.239 e. The maximum absolute atomic E-state index is 12.1. The molecule has 1 N–H and O–H groups in total. The summed E-state index contributed by atoms with van der Waals surface area (Å²) in [7, 11) is 1.66. The van der Waals surface area contributed by atoms with Crippen molar-refractivity contribution in [2.75, 3.05) is 25.5 Å². The van der Waals surface area contributed by atoms with E-state index in [9.17, 15) is 4.79 Å². The minimum absolute atomic E-state index is 0.0825. The second kappa shape index (κ2) is 6.19. The van der Waals surface area contributed by atoms with E-state index in [1.807, 2.05) is 18.2 Å². The molecule has 0 radical (unpaired) electrons. The number of nitrogens with zero attached hydrogens (tertiary/aromatic N) is 2. The minimum atomic E-state index is -0.0825. The molecule has 6 heteroatoms. The zero-order chi connectivity index (χ0) is 15.5. The molecule has 2 aromatic rings.